The van der Waals surface area contributed by atoms with Gasteiger partial charge in [-0.2, -0.15) is 0 Å². The molecule has 0 N–H and O–H groups in total. The molecule has 1 heterocycles. The first-order chi connectivity index (χ1) is 10.8. The molecule has 1 aliphatic rings. The van der Waals surface area contributed by atoms with Crippen LogP contribution < -0.4 is 4.74 Å². The number of morpholine rings is 1. The van der Waals surface area contributed by atoms with Crippen LogP contribution in [0.5, 0.6) is 5.75 Å². The van der Waals surface area contributed by atoms with E-state index in [1.807, 2.05) is 48.2 Å². The van der Waals surface area contributed by atoms with Gasteiger partial charge in [0.25, 0.3) is 5.91 Å². The second-order valence-electron chi connectivity index (χ2n) is 5.46. The fraction of sp³-hybridized carbons (Fsp3) is 0.389. The van der Waals surface area contributed by atoms with Gasteiger partial charge < -0.3 is 14.4 Å². The summed E-state index contributed by atoms with van der Waals surface area (Å²) in [4.78, 5) is 14.4. The number of ether oxygens (including phenoxy) is 2. The zero-order chi connectivity index (χ0) is 15.4. The Bertz CT molecular complexity index is 650. The Morgan fingerprint density at radius 1 is 1.18 bits per heavy atom. The molecule has 0 spiro atoms. The molecular weight excluding hydrogens is 278 g/mol. The van der Waals surface area contributed by atoms with Gasteiger partial charge in [0.2, 0.25) is 0 Å². The highest BCUT2D eigenvalue weighted by Gasteiger charge is 2.26. The molecule has 4 heteroatoms. The predicted octanol–water partition coefficient (Wildman–Crippen LogP) is 2.86. The summed E-state index contributed by atoms with van der Waals surface area (Å²) in [6, 6.07) is 14.1. The minimum Gasteiger partial charge on any atom is -0.481 e. The molecule has 2 aromatic rings. The van der Waals surface area contributed by atoms with Crippen LogP contribution in [0.3, 0.4) is 0 Å². The maximum atomic E-state index is 12.5. The van der Waals surface area contributed by atoms with E-state index in [2.05, 4.69) is 6.07 Å². The summed E-state index contributed by atoms with van der Waals surface area (Å²) in [7, 11) is 0. The Labute approximate surface area is 130 Å². The molecule has 1 aliphatic heterocycles. The Morgan fingerprint density at radius 2 is 1.91 bits per heavy atom. The van der Waals surface area contributed by atoms with Crippen LogP contribution in [0.15, 0.2) is 42.5 Å². The van der Waals surface area contributed by atoms with E-state index in [4.69, 9.17) is 9.47 Å². The van der Waals surface area contributed by atoms with Gasteiger partial charge in [0, 0.05) is 13.1 Å². The van der Waals surface area contributed by atoms with Crippen LogP contribution >= 0.6 is 0 Å². The van der Waals surface area contributed by atoms with Crippen LogP contribution in [0, 0.1) is 0 Å². The molecule has 0 aromatic heterocycles. The van der Waals surface area contributed by atoms with E-state index in [9.17, 15) is 4.79 Å². The van der Waals surface area contributed by atoms with Crippen LogP contribution in [0.4, 0.5) is 0 Å². The van der Waals surface area contributed by atoms with Crippen molar-refractivity contribution in [3.63, 3.8) is 0 Å². The lowest BCUT2D eigenvalue weighted by atomic mass is 10.1. The summed E-state index contributed by atoms with van der Waals surface area (Å²) < 4.78 is 11.2. The first-order valence-corrected chi connectivity index (χ1v) is 7.80. The lowest BCUT2D eigenvalue weighted by Crippen LogP contribution is -2.47. The summed E-state index contributed by atoms with van der Waals surface area (Å²) in [6.07, 6.45) is 0.225. The first kappa shape index (κ1) is 14.9. The second kappa shape index (κ2) is 6.79. The number of hydrogen-bond donors (Lipinski definition) is 0. The van der Waals surface area contributed by atoms with Crippen molar-refractivity contribution in [2.24, 2.45) is 0 Å². The van der Waals surface area contributed by atoms with E-state index in [1.54, 1.807) is 0 Å². The predicted molar refractivity (Wildman–Crippen MR) is 86.1 cm³/mol. The van der Waals surface area contributed by atoms with E-state index < -0.39 is 6.10 Å². The molecule has 4 nitrogen and oxygen atoms in total. The van der Waals surface area contributed by atoms with Crippen molar-refractivity contribution in [1.29, 1.82) is 0 Å². The standard InChI is InChI=1S/C18H21NO3/c1-2-17(18(20)19-9-11-21-12-10-19)22-16-8-7-14-5-3-4-6-15(14)13-16/h3-8,13,17H,2,9-12H2,1H3/t17-/m0/s1. The smallest absolute Gasteiger partial charge is 0.263 e. The Balaban J connectivity index is 1.74. The van der Waals surface area contributed by atoms with Crippen molar-refractivity contribution in [1.82, 2.24) is 4.90 Å². The van der Waals surface area contributed by atoms with E-state index in [-0.39, 0.29) is 5.91 Å². The number of rotatable bonds is 4. The quantitative estimate of drug-likeness (QED) is 0.871. The molecule has 0 radical (unpaired) electrons. The van der Waals surface area contributed by atoms with Gasteiger partial charge in [0.15, 0.2) is 6.10 Å². The molecule has 0 aliphatic carbocycles. The van der Waals surface area contributed by atoms with Gasteiger partial charge in [-0.15, -0.1) is 0 Å². The largest absolute Gasteiger partial charge is 0.481 e. The van der Waals surface area contributed by atoms with Crippen LogP contribution in [-0.4, -0.2) is 43.2 Å². The van der Waals surface area contributed by atoms with Gasteiger partial charge >= 0.3 is 0 Å². The van der Waals surface area contributed by atoms with Crippen LogP contribution in [-0.2, 0) is 9.53 Å². The van der Waals surface area contributed by atoms with E-state index in [0.717, 1.165) is 11.1 Å². The monoisotopic (exact) mass is 299 g/mol. The van der Waals surface area contributed by atoms with Crippen molar-refractivity contribution in [2.45, 2.75) is 19.4 Å². The topological polar surface area (TPSA) is 38.8 Å². The average molecular weight is 299 g/mol. The maximum absolute atomic E-state index is 12.5. The highest BCUT2D eigenvalue weighted by molar-refractivity contribution is 5.84. The lowest BCUT2D eigenvalue weighted by Gasteiger charge is -2.30. The molecule has 1 amide bonds. The highest BCUT2D eigenvalue weighted by atomic mass is 16.5. The minimum atomic E-state index is -0.431. The van der Waals surface area contributed by atoms with E-state index in [0.29, 0.717) is 32.7 Å². The zero-order valence-corrected chi connectivity index (χ0v) is 12.8. The molecule has 1 atom stereocenters. The van der Waals surface area contributed by atoms with Gasteiger partial charge in [-0.3, -0.25) is 4.79 Å². The van der Waals surface area contributed by atoms with Gasteiger partial charge in [-0.25, -0.2) is 0 Å². The van der Waals surface area contributed by atoms with Crippen molar-refractivity contribution in [3.8, 4) is 5.75 Å². The molecule has 0 saturated carbocycles. The summed E-state index contributed by atoms with van der Waals surface area (Å²) in [6.45, 7) is 4.49. The highest BCUT2D eigenvalue weighted by Crippen LogP contribution is 2.22. The Hall–Kier alpha value is -2.07. The number of carbonyl (C=O) groups is 1. The summed E-state index contributed by atoms with van der Waals surface area (Å²) in [5, 5.41) is 2.29. The normalized spacial score (nSPS) is 16.5. The van der Waals surface area contributed by atoms with Gasteiger partial charge in [0.05, 0.1) is 13.2 Å². The molecule has 116 valence electrons. The SMILES string of the molecule is CC[C@H](Oc1ccc2ccccc2c1)C(=O)N1CCOCC1. The molecule has 2 aromatic carbocycles. The summed E-state index contributed by atoms with van der Waals surface area (Å²) in [5.41, 5.74) is 0. The van der Waals surface area contributed by atoms with Crippen molar-refractivity contribution in [2.75, 3.05) is 26.3 Å². The van der Waals surface area contributed by atoms with Crippen LogP contribution in [0.1, 0.15) is 13.3 Å². The molecular formula is C18H21NO3. The Morgan fingerprint density at radius 3 is 2.64 bits per heavy atom. The number of hydrogen-bond acceptors (Lipinski definition) is 3. The Kier molecular flexibility index (Phi) is 4.59. The van der Waals surface area contributed by atoms with Crippen LogP contribution in [0.25, 0.3) is 10.8 Å². The number of amides is 1. The fourth-order valence-corrected chi connectivity index (χ4v) is 2.70. The maximum Gasteiger partial charge on any atom is 0.263 e. The molecule has 1 saturated heterocycles. The number of carbonyl (C=O) groups excluding carboxylic acids is 1. The summed E-state index contributed by atoms with van der Waals surface area (Å²) >= 11 is 0. The molecule has 0 unspecified atom stereocenters. The van der Waals surface area contributed by atoms with Crippen molar-refractivity contribution < 1.29 is 14.3 Å². The van der Waals surface area contributed by atoms with E-state index in [1.165, 1.54) is 5.39 Å². The van der Waals surface area contributed by atoms with Crippen LogP contribution in [0.2, 0.25) is 0 Å². The van der Waals surface area contributed by atoms with Crippen molar-refractivity contribution in [3.05, 3.63) is 42.5 Å². The minimum absolute atomic E-state index is 0.0546. The number of fused-ring (bicyclic) bond motifs is 1. The summed E-state index contributed by atoms with van der Waals surface area (Å²) in [5.74, 6) is 0.797. The second-order valence-corrected chi connectivity index (χ2v) is 5.46. The van der Waals surface area contributed by atoms with E-state index >= 15 is 0 Å². The third-order valence-corrected chi connectivity index (χ3v) is 3.97. The third kappa shape index (κ3) is 3.22. The molecule has 1 fully saturated rings. The number of nitrogens with zero attached hydrogens (tertiary/aromatic N) is 1. The third-order valence-electron chi connectivity index (χ3n) is 3.97. The first-order valence-electron chi connectivity index (χ1n) is 7.80. The van der Waals surface area contributed by atoms with Gasteiger partial charge in [0.1, 0.15) is 5.75 Å². The van der Waals surface area contributed by atoms with Gasteiger partial charge in [-0.1, -0.05) is 37.3 Å². The molecule has 3 rings (SSSR count). The molecule has 22 heavy (non-hydrogen) atoms. The number of benzene rings is 2. The van der Waals surface area contributed by atoms with Crippen molar-refractivity contribution >= 4 is 16.7 Å². The average Bonchev–Trinajstić information content (AvgIpc) is 2.59. The lowest BCUT2D eigenvalue weighted by molar-refractivity contribution is -0.142. The fourth-order valence-electron chi connectivity index (χ4n) is 2.70. The molecule has 0 bridgehead atoms. The zero-order valence-electron chi connectivity index (χ0n) is 12.8. The van der Waals surface area contributed by atoms with Gasteiger partial charge in [-0.05, 0) is 29.3 Å².